The molecule has 0 fully saturated rings. The van der Waals surface area contributed by atoms with E-state index in [4.69, 9.17) is 0 Å². The molecule has 0 radical (unpaired) electrons. The molecule has 3 heterocycles. The van der Waals surface area contributed by atoms with E-state index in [2.05, 4.69) is 9.97 Å². The summed E-state index contributed by atoms with van der Waals surface area (Å²) < 4.78 is 14.4. The van der Waals surface area contributed by atoms with E-state index in [0.29, 0.717) is 17.1 Å². The van der Waals surface area contributed by atoms with Crippen molar-refractivity contribution < 1.29 is 4.39 Å². The van der Waals surface area contributed by atoms with Gasteiger partial charge in [-0.25, -0.2) is 4.79 Å². The molecule has 3 aromatic rings. The third-order valence-electron chi connectivity index (χ3n) is 2.85. The minimum absolute atomic E-state index is 0.330. The van der Waals surface area contributed by atoms with Gasteiger partial charge in [-0.05, 0) is 24.3 Å². The summed E-state index contributed by atoms with van der Waals surface area (Å²) in [5.74, 6) is -1.05. The zero-order valence-electron chi connectivity index (χ0n) is 10.7. The van der Waals surface area contributed by atoms with Crippen molar-refractivity contribution in [2.75, 3.05) is 0 Å². The second-order valence-electron chi connectivity index (χ2n) is 4.19. The van der Waals surface area contributed by atoms with Gasteiger partial charge in [-0.3, -0.25) is 24.3 Å². The lowest BCUT2D eigenvalue weighted by Crippen LogP contribution is -2.30. The summed E-state index contributed by atoms with van der Waals surface area (Å²) >= 11 is 0. The number of rotatable bonds is 2. The average molecular weight is 284 g/mol. The molecular formula is C14H9FN4O2. The number of halogens is 1. The summed E-state index contributed by atoms with van der Waals surface area (Å²) in [4.78, 5) is 33.2. The summed E-state index contributed by atoms with van der Waals surface area (Å²) in [6, 6.07) is 8.45. The molecule has 0 aliphatic carbocycles. The van der Waals surface area contributed by atoms with Crippen LogP contribution in [0.4, 0.5) is 4.39 Å². The van der Waals surface area contributed by atoms with E-state index in [1.54, 1.807) is 42.7 Å². The predicted octanol–water partition coefficient (Wildman–Crippen LogP) is 1.12. The summed E-state index contributed by atoms with van der Waals surface area (Å²) in [5.41, 5.74) is -0.527. The van der Waals surface area contributed by atoms with Crippen molar-refractivity contribution in [3.05, 3.63) is 75.6 Å². The first-order valence-corrected chi connectivity index (χ1v) is 6.05. The molecule has 0 atom stereocenters. The van der Waals surface area contributed by atoms with Gasteiger partial charge in [0.15, 0.2) is 0 Å². The van der Waals surface area contributed by atoms with Crippen LogP contribution in [0.15, 0.2) is 58.5 Å². The monoisotopic (exact) mass is 284 g/mol. The maximum Gasteiger partial charge on any atom is 0.333 e. The minimum Gasteiger partial charge on any atom is -0.271 e. The van der Waals surface area contributed by atoms with Gasteiger partial charge in [0.2, 0.25) is 5.82 Å². The topological polar surface area (TPSA) is 80.6 Å². The Hall–Kier alpha value is -3.09. The second kappa shape index (κ2) is 5.12. The predicted molar refractivity (Wildman–Crippen MR) is 73.6 cm³/mol. The molecule has 0 aliphatic heterocycles. The van der Waals surface area contributed by atoms with Crippen LogP contribution in [0.5, 0.6) is 0 Å². The Morgan fingerprint density at radius 1 is 1.05 bits per heavy atom. The number of pyridine rings is 2. The van der Waals surface area contributed by atoms with Gasteiger partial charge >= 0.3 is 5.69 Å². The number of H-pyrrole nitrogens is 1. The number of hydrogen-bond acceptors (Lipinski definition) is 4. The molecule has 3 rings (SSSR count). The maximum atomic E-state index is 13.4. The highest BCUT2D eigenvalue weighted by Gasteiger charge is 2.12. The fraction of sp³-hybridized carbons (Fsp3) is 0. The maximum absolute atomic E-state index is 13.4. The SMILES string of the molecule is O=c1[nH]c(=O)n(-c2cccnc2-c2ccccn2)cc1F. The van der Waals surface area contributed by atoms with E-state index in [9.17, 15) is 14.0 Å². The van der Waals surface area contributed by atoms with Crippen molar-refractivity contribution in [3.8, 4) is 17.1 Å². The Morgan fingerprint density at radius 2 is 1.86 bits per heavy atom. The van der Waals surface area contributed by atoms with Crippen LogP contribution in [0, 0.1) is 5.82 Å². The van der Waals surface area contributed by atoms with E-state index in [0.717, 1.165) is 10.8 Å². The Labute approximate surface area is 117 Å². The molecule has 0 saturated heterocycles. The van der Waals surface area contributed by atoms with Crippen molar-refractivity contribution in [1.29, 1.82) is 0 Å². The lowest BCUT2D eigenvalue weighted by molar-refractivity contribution is 0.587. The van der Waals surface area contributed by atoms with E-state index in [1.807, 2.05) is 4.98 Å². The number of aromatic nitrogens is 4. The van der Waals surface area contributed by atoms with Crippen LogP contribution in [0.1, 0.15) is 0 Å². The van der Waals surface area contributed by atoms with Crippen molar-refractivity contribution in [2.45, 2.75) is 0 Å². The Bertz CT molecular complexity index is 903. The highest BCUT2D eigenvalue weighted by Crippen LogP contribution is 2.20. The van der Waals surface area contributed by atoms with Crippen LogP contribution in [-0.2, 0) is 0 Å². The molecule has 0 saturated carbocycles. The fourth-order valence-corrected chi connectivity index (χ4v) is 1.92. The summed E-state index contributed by atoms with van der Waals surface area (Å²) in [6.07, 6.45) is 3.97. The quantitative estimate of drug-likeness (QED) is 0.764. The standard InChI is InChI=1S/C14H9FN4O2/c15-9-8-19(14(21)18-13(9)20)11-5-3-7-17-12(11)10-4-1-2-6-16-10/h1-8H,(H,18,20,21). The van der Waals surface area contributed by atoms with Crippen molar-refractivity contribution in [1.82, 2.24) is 19.5 Å². The normalized spacial score (nSPS) is 10.5. The molecule has 21 heavy (non-hydrogen) atoms. The first kappa shape index (κ1) is 12.9. The van der Waals surface area contributed by atoms with Crippen molar-refractivity contribution in [3.63, 3.8) is 0 Å². The lowest BCUT2D eigenvalue weighted by atomic mass is 10.2. The van der Waals surface area contributed by atoms with Crippen LogP contribution in [0.2, 0.25) is 0 Å². The summed E-state index contributed by atoms with van der Waals surface area (Å²) in [6.45, 7) is 0. The van der Waals surface area contributed by atoms with E-state index >= 15 is 0 Å². The zero-order chi connectivity index (χ0) is 14.8. The molecule has 0 bridgehead atoms. The van der Waals surface area contributed by atoms with Gasteiger partial charge in [-0.2, -0.15) is 4.39 Å². The Morgan fingerprint density at radius 3 is 2.62 bits per heavy atom. The van der Waals surface area contributed by atoms with Crippen LogP contribution >= 0.6 is 0 Å². The van der Waals surface area contributed by atoms with Crippen LogP contribution < -0.4 is 11.2 Å². The van der Waals surface area contributed by atoms with Gasteiger partial charge in [0, 0.05) is 12.4 Å². The zero-order valence-corrected chi connectivity index (χ0v) is 10.7. The summed E-state index contributed by atoms with van der Waals surface area (Å²) in [7, 11) is 0. The van der Waals surface area contributed by atoms with Crippen LogP contribution in [0.3, 0.4) is 0 Å². The Kier molecular flexibility index (Phi) is 3.15. The fourth-order valence-electron chi connectivity index (χ4n) is 1.92. The average Bonchev–Trinajstić information content (AvgIpc) is 2.52. The molecule has 0 unspecified atom stereocenters. The van der Waals surface area contributed by atoms with Gasteiger partial charge in [-0.1, -0.05) is 6.07 Å². The molecule has 6 nitrogen and oxygen atoms in total. The van der Waals surface area contributed by atoms with Crippen molar-refractivity contribution in [2.24, 2.45) is 0 Å². The van der Waals surface area contributed by atoms with Gasteiger partial charge in [-0.15, -0.1) is 0 Å². The molecule has 0 aliphatic rings. The van der Waals surface area contributed by atoms with Gasteiger partial charge in [0.05, 0.1) is 17.6 Å². The Balaban J connectivity index is 2.28. The van der Waals surface area contributed by atoms with E-state index < -0.39 is 17.1 Å². The highest BCUT2D eigenvalue weighted by atomic mass is 19.1. The van der Waals surface area contributed by atoms with E-state index in [1.165, 1.54) is 0 Å². The van der Waals surface area contributed by atoms with Crippen LogP contribution in [0.25, 0.3) is 17.1 Å². The molecule has 104 valence electrons. The number of aromatic amines is 1. The molecule has 0 spiro atoms. The number of nitrogens with one attached hydrogen (secondary N) is 1. The van der Waals surface area contributed by atoms with Gasteiger partial charge in [0.25, 0.3) is 5.56 Å². The number of hydrogen-bond donors (Lipinski definition) is 1. The second-order valence-corrected chi connectivity index (χ2v) is 4.19. The summed E-state index contributed by atoms with van der Waals surface area (Å²) in [5, 5.41) is 0. The van der Waals surface area contributed by atoms with Gasteiger partial charge < -0.3 is 0 Å². The van der Waals surface area contributed by atoms with Gasteiger partial charge in [0.1, 0.15) is 5.69 Å². The van der Waals surface area contributed by atoms with Crippen molar-refractivity contribution >= 4 is 0 Å². The first-order chi connectivity index (χ1) is 10.2. The molecule has 3 aromatic heterocycles. The third-order valence-corrected chi connectivity index (χ3v) is 2.85. The number of nitrogens with zero attached hydrogens (tertiary/aromatic N) is 3. The third kappa shape index (κ3) is 2.36. The molecule has 0 aromatic carbocycles. The first-order valence-electron chi connectivity index (χ1n) is 6.05. The molecule has 0 amide bonds. The smallest absolute Gasteiger partial charge is 0.271 e. The molecular weight excluding hydrogens is 275 g/mol. The van der Waals surface area contributed by atoms with E-state index in [-0.39, 0.29) is 0 Å². The molecule has 7 heteroatoms. The molecule has 1 N–H and O–H groups in total. The highest BCUT2D eigenvalue weighted by molar-refractivity contribution is 5.65. The minimum atomic E-state index is -1.06. The largest absolute Gasteiger partial charge is 0.333 e. The lowest BCUT2D eigenvalue weighted by Gasteiger charge is -2.09. The van der Waals surface area contributed by atoms with Crippen LogP contribution in [-0.4, -0.2) is 19.5 Å².